The molecule has 0 aliphatic carbocycles. The number of phenols is 1. The van der Waals surface area contributed by atoms with Crippen molar-refractivity contribution in [2.45, 2.75) is 19.8 Å². The number of benzene rings is 1. The first-order valence-electron chi connectivity index (χ1n) is 3.82. The van der Waals surface area contributed by atoms with Crippen LogP contribution in [-0.2, 0) is 6.42 Å². The molecule has 0 fully saturated rings. The van der Waals surface area contributed by atoms with Crippen LogP contribution in [-0.4, -0.2) is 5.11 Å². The smallest absolute Gasteiger partial charge is 0.138 e. The highest BCUT2D eigenvalue weighted by Crippen LogP contribution is 2.23. The lowest BCUT2D eigenvalue weighted by molar-refractivity contribution is 0.477. The molecule has 60 valence electrons. The summed E-state index contributed by atoms with van der Waals surface area (Å²) < 4.78 is 0. The predicted molar refractivity (Wildman–Crippen MR) is 46.5 cm³/mol. The Morgan fingerprint density at radius 3 is 2.82 bits per heavy atom. The number of para-hydroxylation sites is 1. The molecule has 1 aromatic rings. The number of aromatic hydroxyl groups is 1. The van der Waals surface area contributed by atoms with Crippen molar-refractivity contribution < 1.29 is 5.11 Å². The van der Waals surface area contributed by atoms with Gasteiger partial charge in [0.2, 0.25) is 0 Å². The van der Waals surface area contributed by atoms with Crippen molar-refractivity contribution in [3.8, 4) is 5.75 Å². The van der Waals surface area contributed by atoms with Crippen LogP contribution in [0.1, 0.15) is 18.9 Å². The molecule has 1 rings (SSSR count). The van der Waals surface area contributed by atoms with Crippen LogP contribution in [0.4, 0.5) is 5.69 Å². The summed E-state index contributed by atoms with van der Waals surface area (Å²) in [6, 6.07) is 5.36. The molecule has 0 aromatic heterocycles. The zero-order valence-corrected chi connectivity index (χ0v) is 6.67. The number of nitrogens with two attached hydrogens (primary N) is 1. The van der Waals surface area contributed by atoms with Gasteiger partial charge in [-0.05, 0) is 18.1 Å². The van der Waals surface area contributed by atoms with Crippen LogP contribution in [0.25, 0.3) is 0 Å². The molecule has 0 saturated heterocycles. The summed E-state index contributed by atoms with van der Waals surface area (Å²) >= 11 is 0. The maximum absolute atomic E-state index is 9.20. The number of phenolic OH excluding ortho intramolecular Hbond substituents is 1. The highest BCUT2D eigenvalue weighted by atomic mass is 16.3. The maximum atomic E-state index is 9.20. The Morgan fingerprint density at radius 1 is 1.45 bits per heavy atom. The number of hydrogen-bond acceptors (Lipinski definition) is 2. The van der Waals surface area contributed by atoms with E-state index in [2.05, 4.69) is 6.92 Å². The van der Waals surface area contributed by atoms with Gasteiger partial charge in [0.15, 0.2) is 0 Å². The minimum absolute atomic E-state index is 0.191. The molecule has 0 aliphatic rings. The summed E-state index contributed by atoms with van der Waals surface area (Å²) in [5.74, 6) is 0.191. The van der Waals surface area contributed by atoms with Gasteiger partial charge >= 0.3 is 0 Å². The highest BCUT2D eigenvalue weighted by Gasteiger charge is 2.00. The Labute approximate surface area is 66.7 Å². The third-order valence-corrected chi connectivity index (χ3v) is 1.69. The summed E-state index contributed by atoms with van der Waals surface area (Å²) in [7, 11) is 0. The monoisotopic (exact) mass is 151 g/mol. The van der Waals surface area contributed by atoms with E-state index in [1.807, 2.05) is 12.1 Å². The van der Waals surface area contributed by atoms with E-state index in [9.17, 15) is 5.11 Å². The molecule has 0 atom stereocenters. The molecule has 0 aliphatic heterocycles. The van der Waals surface area contributed by atoms with Crippen LogP contribution >= 0.6 is 0 Å². The summed E-state index contributed by atoms with van der Waals surface area (Å²) in [5, 5.41) is 9.20. The number of hydrogen-bond donors (Lipinski definition) is 2. The Bertz CT molecular complexity index is 245. The van der Waals surface area contributed by atoms with E-state index < -0.39 is 0 Å². The molecule has 0 saturated carbocycles. The van der Waals surface area contributed by atoms with Gasteiger partial charge in [-0.3, -0.25) is 0 Å². The van der Waals surface area contributed by atoms with Gasteiger partial charge in [0.05, 0.1) is 5.69 Å². The molecule has 3 N–H and O–H groups in total. The van der Waals surface area contributed by atoms with Crippen molar-refractivity contribution in [1.82, 2.24) is 0 Å². The molecular formula is C9H13NO. The molecule has 0 amide bonds. The standard InChI is InChI=1S/C9H13NO/c1-2-4-7-5-3-6-8(11)9(7)10/h3,5-6,11H,2,4,10H2,1H3. The van der Waals surface area contributed by atoms with Gasteiger partial charge in [-0.1, -0.05) is 25.5 Å². The molecule has 0 heterocycles. The van der Waals surface area contributed by atoms with Crippen molar-refractivity contribution in [1.29, 1.82) is 0 Å². The second-order valence-corrected chi connectivity index (χ2v) is 2.60. The molecule has 1 aromatic carbocycles. The number of aryl methyl sites for hydroxylation is 1. The minimum Gasteiger partial charge on any atom is -0.506 e. The van der Waals surface area contributed by atoms with Gasteiger partial charge in [0, 0.05) is 0 Å². The first-order chi connectivity index (χ1) is 5.25. The van der Waals surface area contributed by atoms with Crippen molar-refractivity contribution in [2.24, 2.45) is 0 Å². The number of anilines is 1. The summed E-state index contributed by atoms with van der Waals surface area (Å²) in [5.41, 5.74) is 7.18. The highest BCUT2D eigenvalue weighted by molar-refractivity contribution is 5.57. The van der Waals surface area contributed by atoms with Crippen LogP contribution < -0.4 is 5.73 Å². The van der Waals surface area contributed by atoms with E-state index in [4.69, 9.17) is 5.73 Å². The van der Waals surface area contributed by atoms with Crippen LogP contribution in [0.5, 0.6) is 5.75 Å². The van der Waals surface area contributed by atoms with Crippen LogP contribution in [0, 0.1) is 0 Å². The van der Waals surface area contributed by atoms with Gasteiger partial charge in [0.1, 0.15) is 5.75 Å². The van der Waals surface area contributed by atoms with Crippen LogP contribution in [0.15, 0.2) is 18.2 Å². The van der Waals surface area contributed by atoms with Gasteiger partial charge < -0.3 is 10.8 Å². The molecule has 0 spiro atoms. The zero-order valence-electron chi connectivity index (χ0n) is 6.67. The van der Waals surface area contributed by atoms with E-state index in [0.29, 0.717) is 5.69 Å². The fourth-order valence-electron chi connectivity index (χ4n) is 1.09. The Kier molecular flexibility index (Phi) is 2.36. The Balaban J connectivity index is 2.96. The summed E-state index contributed by atoms with van der Waals surface area (Å²) in [6.45, 7) is 2.09. The predicted octanol–water partition coefficient (Wildman–Crippen LogP) is 1.93. The van der Waals surface area contributed by atoms with E-state index in [1.54, 1.807) is 6.07 Å². The van der Waals surface area contributed by atoms with Crippen molar-refractivity contribution >= 4 is 5.69 Å². The molecule has 0 bridgehead atoms. The lowest BCUT2D eigenvalue weighted by Gasteiger charge is -2.04. The average Bonchev–Trinajstić information content (AvgIpc) is 1.99. The molecular weight excluding hydrogens is 138 g/mol. The first-order valence-corrected chi connectivity index (χ1v) is 3.82. The lowest BCUT2D eigenvalue weighted by atomic mass is 10.1. The topological polar surface area (TPSA) is 46.2 Å². The molecule has 0 unspecified atom stereocenters. The second-order valence-electron chi connectivity index (χ2n) is 2.60. The maximum Gasteiger partial charge on any atom is 0.138 e. The third kappa shape index (κ3) is 1.64. The molecule has 2 heteroatoms. The number of nitrogen functional groups attached to an aromatic ring is 1. The summed E-state index contributed by atoms with van der Waals surface area (Å²) in [6.07, 6.45) is 1.98. The van der Waals surface area contributed by atoms with E-state index >= 15 is 0 Å². The van der Waals surface area contributed by atoms with E-state index in [-0.39, 0.29) is 5.75 Å². The van der Waals surface area contributed by atoms with Gasteiger partial charge in [-0.2, -0.15) is 0 Å². The Morgan fingerprint density at radius 2 is 2.18 bits per heavy atom. The summed E-state index contributed by atoms with van der Waals surface area (Å²) in [4.78, 5) is 0. The average molecular weight is 151 g/mol. The fraction of sp³-hybridized carbons (Fsp3) is 0.333. The van der Waals surface area contributed by atoms with E-state index in [1.165, 1.54) is 0 Å². The first kappa shape index (κ1) is 7.92. The van der Waals surface area contributed by atoms with Gasteiger partial charge in [-0.25, -0.2) is 0 Å². The van der Waals surface area contributed by atoms with Crippen LogP contribution in [0.2, 0.25) is 0 Å². The van der Waals surface area contributed by atoms with E-state index in [0.717, 1.165) is 18.4 Å². The van der Waals surface area contributed by atoms with Gasteiger partial charge in [0.25, 0.3) is 0 Å². The van der Waals surface area contributed by atoms with Gasteiger partial charge in [-0.15, -0.1) is 0 Å². The molecule has 0 radical (unpaired) electrons. The SMILES string of the molecule is CCCc1cccc(O)c1N. The minimum atomic E-state index is 0.191. The second kappa shape index (κ2) is 3.28. The zero-order chi connectivity index (χ0) is 8.27. The molecule has 2 nitrogen and oxygen atoms in total. The lowest BCUT2D eigenvalue weighted by Crippen LogP contribution is -1.93. The normalized spacial score (nSPS) is 9.91. The molecule has 11 heavy (non-hydrogen) atoms. The number of rotatable bonds is 2. The Hall–Kier alpha value is -1.18. The third-order valence-electron chi connectivity index (χ3n) is 1.69. The van der Waals surface area contributed by atoms with Crippen molar-refractivity contribution in [3.05, 3.63) is 23.8 Å². The largest absolute Gasteiger partial charge is 0.506 e. The van der Waals surface area contributed by atoms with Crippen molar-refractivity contribution in [3.63, 3.8) is 0 Å². The fourth-order valence-corrected chi connectivity index (χ4v) is 1.09. The van der Waals surface area contributed by atoms with Crippen LogP contribution in [0.3, 0.4) is 0 Å². The quantitative estimate of drug-likeness (QED) is 0.501. The van der Waals surface area contributed by atoms with Crippen molar-refractivity contribution in [2.75, 3.05) is 5.73 Å².